The van der Waals surface area contributed by atoms with Crippen LogP contribution in [0.1, 0.15) is 80.1 Å². The zero-order valence-corrected chi connectivity index (χ0v) is 32.2. The van der Waals surface area contributed by atoms with E-state index in [1.807, 2.05) is 77.9 Å². The van der Waals surface area contributed by atoms with Gasteiger partial charge < -0.3 is 34.4 Å². The van der Waals surface area contributed by atoms with Crippen molar-refractivity contribution in [2.24, 2.45) is 7.05 Å². The molecule has 2 saturated heterocycles. The van der Waals surface area contributed by atoms with E-state index in [-0.39, 0.29) is 51.0 Å². The number of carbonyl (C=O) groups excluding carboxylic acids is 4. The van der Waals surface area contributed by atoms with Gasteiger partial charge in [-0.3, -0.25) is 14.2 Å². The molecule has 2 aromatic carbocycles. The van der Waals surface area contributed by atoms with Gasteiger partial charge in [-0.1, -0.05) is 21.8 Å². The van der Waals surface area contributed by atoms with E-state index in [1.165, 1.54) is 4.57 Å². The van der Waals surface area contributed by atoms with Crippen LogP contribution < -0.4 is 20.8 Å². The van der Waals surface area contributed by atoms with Crippen molar-refractivity contribution in [3.8, 4) is 11.4 Å². The van der Waals surface area contributed by atoms with Crippen molar-refractivity contribution in [1.29, 1.82) is 0 Å². The predicted octanol–water partition coefficient (Wildman–Crippen LogP) is 5.56. The summed E-state index contributed by atoms with van der Waals surface area (Å²) in [5, 5.41) is 9.11. The second-order valence-electron chi connectivity index (χ2n) is 15.0. The monoisotopic (exact) mass is 766 g/mol. The zero-order chi connectivity index (χ0) is 38.9. The van der Waals surface area contributed by atoms with Gasteiger partial charge in [0.05, 0.1) is 6.54 Å². The third-order valence-corrected chi connectivity index (χ3v) is 8.57. The summed E-state index contributed by atoms with van der Waals surface area (Å²) in [7, 11) is 1.69. The molecule has 2 fully saturated rings. The Kier molecular flexibility index (Phi) is 16.5. The minimum atomic E-state index is -0.494. The number of ether oxygens (including phenoxy) is 2. The van der Waals surface area contributed by atoms with E-state index < -0.39 is 11.2 Å². The largest absolute Gasteiger partial charge is 0.444 e. The number of amides is 3. The fraction of sp³-hybridized carbons (Fsp3) is 0.550. The third-order valence-electron chi connectivity index (χ3n) is 8.57. The highest BCUT2D eigenvalue weighted by atomic mass is 16.6. The molecule has 2 aliphatic heterocycles. The number of hydrogen-bond acceptors (Lipinski definition) is 10. The average Bonchev–Trinajstić information content (AvgIpc) is 3.46. The standard InChI is InChI=1S/C20H29N3O4.C18H25N5O3.2CH4/c1-5-17(24)14-21-18(25)15-6-8-16(9-7-15)22-10-12-23(13-11-22)19(26)27-20(2,3)4;1-18(2,3)26-17(25)23-11-9-22(10-12-23)14-7-5-13(6-8-14)15-19-20-16(24)21(15)4;;/h6-9H,5,10-14H2,1-4H3,(H,21,25);5-8H,9-12H2,1-4H3,(H,20,24);2*1H4. The second-order valence-corrected chi connectivity index (χ2v) is 15.0. The molecule has 2 N–H and O–H groups in total. The van der Waals surface area contributed by atoms with Crippen molar-refractivity contribution in [2.45, 2.75) is 80.9 Å². The van der Waals surface area contributed by atoms with Crippen molar-refractivity contribution in [1.82, 2.24) is 29.9 Å². The van der Waals surface area contributed by atoms with Gasteiger partial charge in [-0.25, -0.2) is 19.5 Å². The van der Waals surface area contributed by atoms with Gasteiger partial charge in [-0.15, -0.1) is 0 Å². The first kappa shape index (κ1) is 45.8. The molecule has 3 heterocycles. The normalized spacial score (nSPS) is 14.4. The van der Waals surface area contributed by atoms with Crippen LogP contribution in [0, 0.1) is 0 Å². The lowest BCUT2D eigenvalue weighted by molar-refractivity contribution is -0.117. The molecular weight excluding hydrogens is 704 g/mol. The van der Waals surface area contributed by atoms with Gasteiger partial charge >= 0.3 is 17.9 Å². The maximum absolute atomic E-state index is 12.1. The number of Topliss-reactive ketones (excluding diaryl/α,β-unsaturated/α-hetero) is 1. The molecule has 304 valence electrons. The van der Waals surface area contributed by atoms with Gasteiger partial charge in [0.1, 0.15) is 11.2 Å². The number of ketones is 1. The van der Waals surface area contributed by atoms with Gasteiger partial charge in [-0.05, 0) is 90.1 Å². The lowest BCUT2D eigenvalue weighted by Gasteiger charge is -2.36. The van der Waals surface area contributed by atoms with Crippen LogP contribution >= 0.6 is 0 Å². The Morgan fingerprint density at radius 2 is 1.13 bits per heavy atom. The average molecular weight is 767 g/mol. The number of piperazine rings is 2. The molecule has 2 aliphatic rings. The molecular formula is C40H62N8O7. The highest BCUT2D eigenvalue weighted by Crippen LogP contribution is 2.23. The van der Waals surface area contributed by atoms with Crippen molar-refractivity contribution in [3.05, 3.63) is 64.6 Å². The quantitative estimate of drug-likeness (QED) is 0.312. The molecule has 3 amide bonds. The Bertz CT molecular complexity index is 1760. The smallest absolute Gasteiger partial charge is 0.410 e. The first-order valence-electron chi connectivity index (χ1n) is 18.0. The Hall–Kier alpha value is -5.34. The Labute approximate surface area is 325 Å². The van der Waals surface area contributed by atoms with Crippen LogP contribution in [0.4, 0.5) is 21.0 Å². The van der Waals surface area contributed by atoms with Crippen LogP contribution in [-0.4, -0.2) is 119 Å². The van der Waals surface area contributed by atoms with Gasteiger partial charge in [0.25, 0.3) is 5.91 Å². The van der Waals surface area contributed by atoms with E-state index in [0.29, 0.717) is 57.1 Å². The molecule has 15 nitrogen and oxygen atoms in total. The molecule has 0 bridgehead atoms. The molecule has 0 radical (unpaired) electrons. The fourth-order valence-electron chi connectivity index (χ4n) is 5.60. The van der Waals surface area contributed by atoms with Crippen LogP contribution in [0.5, 0.6) is 0 Å². The summed E-state index contributed by atoms with van der Waals surface area (Å²) in [4.78, 5) is 67.0. The molecule has 55 heavy (non-hydrogen) atoms. The number of hydrogen-bond donors (Lipinski definition) is 2. The molecule has 0 aliphatic carbocycles. The lowest BCUT2D eigenvalue weighted by Crippen LogP contribution is -2.50. The van der Waals surface area contributed by atoms with Crippen LogP contribution in [-0.2, 0) is 21.3 Å². The number of carbonyl (C=O) groups is 4. The predicted molar refractivity (Wildman–Crippen MR) is 217 cm³/mol. The number of aromatic nitrogens is 3. The van der Waals surface area contributed by atoms with E-state index in [2.05, 4.69) is 25.3 Å². The number of nitrogens with zero attached hydrogens (tertiary/aromatic N) is 6. The highest BCUT2D eigenvalue weighted by molar-refractivity contribution is 5.97. The molecule has 0 atom stereocenters. The summed E-state index contributed by atoms with van der Waals surface area (Å²) in [5.74, 6) is 0.359. The summed E-state index contributed by atoms with van der Waals surface area (Å²) in [6.07, 6.45) is -0.128. The summed E-state index contributed by atoms with van der Waals surface area (Å²) >= 11 is 0. The number of benzene rings is 2. The first-order valence-corrected chi connectivity index (χ1v) is 18.0. The van der Waals surface area contributed by atoms with Crippen LogP contribution in [0.25, 0.3) is 11.4 Å². The van der Waals surface area contributed by atoms with Gasteiger partial charge in [0.2, 0.25) is 0 Å². The van der Waals surface area contributed by atoms with E-state index in [4.69, 9.17) is 9.47 Å². The number of aromatic amines is 1. The maximum Gasteiger partial charge on any atom is 0.410 e. The highest BCUT2D eigenvalue weighted by Gasteiger charge is 2.27. The third kappa shape index (κ3) is 13.5. The molecule has 3 aromatic rings. The van der Waals surface area contributed by atoms with Crippen LogP contribution in [0.2, 0.25) is 0 Å². The Balaban J connectivity index is 0.000000367. The van der Waals surface area contributed by atoms with E-state index in [0.717, 1.165) is 30.0 Å². The number of H-pyrrole nitrogens is 1. The Morgan fingerprint density at radius 1 is 0.709 bits per heavy atom. The van der Waals surface area contributed by atoms with E-state index in [9.17, 15) is 24.0 Å². The van der Waals surface area contributed by atoms with Crippen molar-refractivity contribution >= 4 is 35.3 Å². The molecule has 1 aromatic heterocycles. The molecule has 15 heteroatoms. The molecule has 0 saturated carbocycles. The fourth-order valence-corrected chi connectivity index (χ4v) is 5.60. The lowest BCUT2D eigenvalue weighted by atomic mass is 10.1. The van der Waals surface area contributed by atoms with Gasteiger partial charge in [0.15, 0.2) is 11.6 Å². The number of rotatable bonds is 7. The van der Waals surface area contributed by atoms with Crippen molar-refractivity contribution in [2.75, 3.05) is 68.7 Å². The number of anilines is 2. The van der Waals surface area contributed by atoms with Crippen molar-refractivity contribution < 1.29 is 28.7 Å². The minimum Gasteiger partial charge on any atom is -0.444 e. The second kappa shape index (κ2) is 19.8. The maximum atomic E-state index is 12.1. The van der Waals surface area contributed by atoms with Crippen LogP contribution in [0.15, 0.2) is 53.3 Å². The van der Waals surface area contributed by atoms with E-state index in [1.54, 1.807) is 35.9 Å². The molecule has 5 rings (SSSR count). The summed E-state index contributed by atoms with van der Waals surface area (Å²) in [5.41, 5.74) is 2.28. The molecule has 0 unspecified atom stereocenters. The summed E-state index contributed by atoms with van der Waals surface area (Å²) in [6, 6.07) is 15.2. The van der Waals surface area contributed by atoms with Crippen molar-refractivity contribution in [3.63, 3.8) is 0 Å². The summed E-state index contributed by atoms with van der Waals surface area (Å²) < 4.78 is 12.3. The van der Waals surface area contributed by atoms with E-state index >= 15 is 0 Å². The minimum absolute atomic E-state index is 0. The SMILES string of the molecule is C.C.CCC(=O)CNC(=O)c1ccc(N2CCN(C(=O)OC(C)(C)C)CC2)cc1.Cn1c(-c2ccc(N3CCN(C(=O)OC(C)(C)C)CC3)cc2)n[nH]c1=O. The first-order chi connectivity index (χ1) is 24.9. The number of nitrogens with one attached hydrogen (secondary N) is 2. The molecule has 0 spiro atoms. The Morgan fingerprint density at radius 3 is 1.49 bits per heavy atom. The topological polar surface area (TPSA) is 162 Å². The van der Waals surface area contributed by atoms with Gasteiger partial charge in [0, 0.05) is 88.3 Å². The van der Waals surface area contributed by atoms with Crippen LogP contribution in [0.3, 0.4) is 0 Å². The zero-order valence-electron chi connectivity index (χ0n) is 32.2. The summed E-state index contributed by atoms with van der Waals surface area (Å²) in [6.45, 7) is 18.4. The van der Waals surface area contributed by atoms with Gasteiger partial charge in [-0.2, -0.15) is 5.10 Å².